The molecule has 7 nitrogen and oxygen atoms in total. The third kappa shape index (κ3) is 7.86. The van der Waals surface area contributed by atoms with Gasteiger partial charge in [0.1, 0.15) is 5.60 Å². The lowest BCUT2D eigenvalue weighted by Crippen LogP contribution is -2.33. The summed E-state index contributed by atoms with van der Waals surface area (Å²) in [5.41, 5.74) is 0.656. The van der Waals surface area contributed by atoms with E-state index in [9.17, 15) is 23.2 Å². The molecule has 30 heavy (non-hydrogen) atoms. The molecule has 2 aromatic carbocycles. The van der Waals surface area contributed by atoms with E-state index in [1.165, 1.54) is 6.07 Å². The first-order chi connectivity index (χ1) is 14.0. The minimum atomic E-state index is -1.08. The highest BCUT2D eigenvalue weighted by atomic mass is 19.2. The van der Waals surface area contributed by atoms with Gasteiger partial charge in [-0.25, -0.2) is 13.6 Å². The number of nitrogens with one attached hydrogen (secondary N) is 3. The lowest BCUT2D eigenvalue weighted by Gasteiger charge is -2.19. The van der Waals surface area contributed by atoms with Gasteiger partial charge in [0.25, 0.3) is 0 Å². The van der Waals surface area contributed by atoms with Gasteiger partial charge in [0.15, 0.2) is 11.6 Å². The zero-order valence-electron chi connectivity index (χ0n) is 16.8. The normalized spacial score (nSPS) is 10.8. The molecule has 160 valence electrons. The number of amides is 3. The van der Waals surface area contributed by atoms with E-state index in [-0.39, 0.29) is 18.7 Å². The quantitative estimate of drug-likeness (QED) is 0.666. The Labute approximate surface area is 172 Å². The predicted octanol–water partition coefficient (Wildman–Crippen LogP) is 3.61. The molecule has 0 bridgehead atoms. The average molecular weight is 419 g/mol. The maximum atomic E-state index is 13.1. The summed E-state index contributed by atoms with van der Waals surface area (Å²) in [6.07, 6.45) is -0.564. The van der Waals surface area contributed by atoms with Gasteiger partial charge >= 0.3 is 6.09 Å². The monoisotopic (exact) mass is 419 g/mol. The second-order valence-corrected chi connectivity index (χ2v) is 7.45. The molecule has 9 heteroatoms. The summed E-state index contributed by atoms with van der Waals surface area (Å²) in [6, 6.07) is 9.53. The summed E-state index contributed by atoms with van der Waals surface area (Å²) < 4.78 is 31.2. The Balaban J connectivity index is 1.78. The van der Waals surface area contributed by atoms with Gasteiger partial charge in [-0.2, -0.15) is 0 Å². The van der Waals surface area contributed by atoms with Crippen molar-refractivity contribution in [3.63, 3.8) is 0 Å². The Morgan fingerprint density at radius 2 is 1.50 bits per heavy atom. The minimum Gasteiger partial charge on any atom is -0.444 e. The van der Waals surface area contributed by atoms with Crippen LogP contribution in [-0.2, 0) is 20.7 Å². The molecule has 0 heterocycles. The molecule has 0 spiro atoms. The SMILES string of the molecule is CC(C)(C)OC(=O)Nc1ccc(CC(=O)NCC(=O)Nc2ccc(F)c(F)c2)cc1. The molecule has 0 fully saturated rings. The van der Waals surface area contributed by atoms with Crippen LogP contribution in [0.2, 0.25) is 0 Å². The van der Waals surface area contributed by atoms with Crippen molar-refractivity contribution in [2.75, 3.05) is 17.2 Å². The molecule has 0 unspecified atom stereocenters. The molecule has 2 aromatic rings. The first-order valence-electron chi connectivity index (χ1n) is 9.12. The third-order valence-corrected chi connectivity index (χ3v) is 3.61. The molecule has 0 saturated heterocycles. The number of anilines is 2. The fourth-order valence-electron chi connectivity index (χ4n) is 2.33. The molecule has 0 aliphatic carbocycles. The van der Waals surface area contributed by atoms with Crippen LogP contribution < -0.4 is 16.0 Å². The fraction of sp³-hybridized carbons (Fsp3) is 0.286. The minimum absolute atomic E-state index is 0.0190. The highest BCUT2D eigenvalue weighted by Crippen LogP contribution is 2.14. The van der Waals surface area contributed by atoms with E-state index in [0.717, 1.165) is 12.1 Å². The Kier molecular flexibility index (Phi) is 7.46. The van der Waals surface area contributed by atoms with Gasteiger partial charge in [0.2, 0.25) is 11.8 Å². The number of carbonyl (C=O) groups is 3. The van der Waals surface area contributed by atoms with Crippen LogP contribution in [0.3, 0.4) is 0 Å². The van der Waals surface area contributed by atoms with Crippen LogP contribution in [0.5, 0.6) is 0 Å². The van der Waals surface area contributed by atoms with Gasteiger partial charge in [-0.15, -0.1) is 0 Å². The Bertz CT molecular complexity index is 925. The van der Waals surface area contributed by atoms with Crippen LogP contribution in [0.15, 0.2) is 42.5 Å². The van der Waals surface area contributed by atoms with E-state index < -0.39 is 35.1 Å². The van der Waals surface area contributed by atoms with Crippen LogP contribution in [0.1, 0.15) is 26.3 Å². The van der Waals surface area contributed by atoms with Crippen LogP contribution in [0, 0.1) is 11.6 Å². The highest BCUT2D eigenvalue weighted by Gasteiger charge is 2.16. The summed E-state index contributed by atoms with van der Waals surface area (Å²) in [6.45, 7) is 4.95. The van der Waals surface area contributed by atoms with Crippen molar-refractivity contribution in [3.05, 3.63) is 59.7 Å². The zero-order valence-corrected chi connectivity index (χ0v) is 16.8. The van der Waals surface area contributed by atoms with Gasteiger partial charge in [0.05, 0.1) is 13.0 Å². The zero-order chi connectivity index (χ0) is 22.3. The van der Waals surface area contributed by atoms with E-state index >= 15 is 0 Å². The van der Waals surface area contributed by atoms with Gasteiger partial charge in [0, 0.05) is 17.4 Å². The van der Waals surface area contributed by atoms with Gasteiger partial charge < -0.3 is 15.4 Å². The summed E-state index contributed by atoms with van der Waals surface area (Å²) >= 11 is 0. The van der Waals surface area contributed by atoms with Crippen molar-refractivity contribution in [1.82, 2.24) is 5.32 Å². The highest BCUT2D eigenvalue weighted by molar-refractivity contribution is 5.94. The predicted molar refractivity (Wildman–Crippen MR) is 108 cm³/mol. The number of halogens is 2. The Morgan fingerprint density at radius 3 is 2.10 bits per heavy atom. The molecular weight excluding hydrogens is 396 g/mol. The molecule has 0 aliphatic rings. The lowest BCUT2D eigenvalue weighted by molar-refractivity contribution is -0.123. The molecule has 3 amide bonds. The maximum Gasteiger partial charge on any atom is 0.412 e. The first kappa shape index (κ1) is 22.8. The third-order valence-electron chi connectivity index (χ3n) is 3.61. The second kappa shape index (κ2) is 9.82. The Morgan fingerprint density at radius 1 is 0.867 bits per heavy atom. The van der Waals surface area contributed by atoms with E-state index in [4.69, 9.17) is 4.74 Å². The number of rotatable bonds is 6. The van der Waals surface area contributed by atoms with Crippen molar-refractivity contribution in [2.45, 2.75) is 32.8 Å². The summed E-state index contributed by atoms with van der Waals surface area (Å²) in [4.78, 5) is 35.5. The van der Waals surface area contributed by atoms with Crippen LogP contribution >= 0.6 is 0 Å². The summed E-state index contributed by atoms with van der Waals surface area (Å²) in [5, 5.41) is 7.38. The standard InChI is InChI=1S/C21H23F2N3O4/c1-21(2,3)30-20(29)26-14-6-4-13(5-7-14)10-18(27)24-12-19(28)25-15-8-9-16(22)17(23)11-15/h4-9,11H,10,12H2,1-3H3,(H,24,27)(H,25,28)(H,26,29). The van der Waals surface area contributed by atoms with Crippen LogP contribution in [0.4, 0.5) is 25.0 Å². The number of ether oxygens (including phenoxy) is 1. The summed E-state index contributed by atoms with van der Waals surface area (Å²) in [7, 11) is 0. The van der Waals surface area contributed by atoms with E-state index in [2.05, 4.69) is 16.0 Å². The lowest BCUT2D eigenvalue weighted by atomic mass is 10.1. The fourth-order valence-corrected chi connectivity index (χ4v) is 2.33. The topological polar surface area (TPSA) is 96.5 Å². The molecule has 0 saturated carbocycles. The van der Waals surface area contributed by atoms with Crippen molar-refractivity contribution in [1.29, 1.82) is 0 Å². The number of benzene rings is 2. The van der Waals surface area contributed by atoms with Crippen LogP contribution in [-0.4, -0.2) is 30.1 Å². The van der Waals surface area contributed by atoms with Crippen molar-refractivity contribution in [3.8, 4) is 0 Å². The van der Waals surface area contributed by atoms with Gasteiger partial charge in [-0.1, -0.05) is 12.1 Å². The van der Waals surface area contributed by atoms with E-state index in [0.29, 0.717) is 11.3 Å². The van der Waals surface area contributed by atoms with E-state index in [1.807, 2.05) is 0 Å². The first-order valence-corrected chi connectivity index (χ1v) is 9.12. The molecule has 3 N–H and O–H groups in total. The van der Waals surface area contributed by atoms with Crippen molar-refractivity contribution < 1.29 is 27.9 Å². The van der Waals surface area contributed by atoms with Gasteiger partial charge in [-0.3, -0.25) is 14.9 Å². The Hall–Kier alpha value is -3.49. The molecule has 0 aliphatic heterocycles. The van der Waals surface area contributed by atoms with Crippen LogP contribution in [0.25, 0.3) is 0 Å². The molecule has 0 aromatic heterocycles. The number of hydrogen-bond acceptors (Lipinski definition) is 4. The van der Waals surface area contributed by atoms with Crippen molar-refractivity contribution in [2.24, 2.45) is 0 Å². The molecule has 2 rings (SSSR count). The van der Waals surface area contributed by atoms with Gasteiger partial charge in [-0.05, 0) is 50.6 Å². The average Bonchev–Trinajstić information content (AvgIpc) is 2.63. The molecule has 0 atom stereocenters. The summed E-state index contributed by atoms with van der Waals surface area (Å²) in [5.74, 6) is -3.08. The van der Waals surface area contributed by atoms with Crippen molar-refractivity contribution >= 4 is 29.3 Å². The van der Waals surface area contributed by atoms with E-state index in [1.54, 1.807) is 45.0 Å². The largest absolute Gasteiger partial charge is 0.444 e. The second-order valence-electron chi connectivity index (χ2n) is 7.45. The molecular formula is C21H23F2N3O4. The molecule has 0 radical (unpaired) electrons. The number of hydrogen-bond donors (Lipinski definition) is 3. The number of carbonyl (C=O) groups excluding carboxylic acids is 3. The maximum absolute atomic E-state index is 13.1. The smallest absolute Gasteiger partial charge is 0.412 e.